The molecule has 1 heterocycles. The van der Waals surface area contributed by atoms with Gasteiger partial charge in [0.25, 0.3) is 0 Å². The zero-order valence-electron chi connectivity index (χ0n) is 11.3. The van der Waals surface area contributed by atoms with Crippen molar-refractivity contribution in [3.8, 4) is 0 Å². The van der Waals surface area contributed by atoms with Crippen molar-refractivity contribution in [2.45, 2.75) is 12.5 Å². The molecule has 5 heteroatoms. The van der Waals surface area contributed by atoms with Crippen molar-refractivity contribution in [3.63, 3.8) is 0 Å². The molecule has 0 aromatic heterocycles. The van der Waals surface area contributed by atoms with Gasteiger partial charge in [0, 0.05) is 44.3 Å². The molecule has 0 saturated carbocycles. The molecule has 1 saturated heterocycles. The summed E-state index contributed by atoms with van der Waals surface area (Å²) in [5.41, 5.74) is 0.414. The van der Waals surface area contributed by atoms with E-state index in [1.165, 1.54) is 12.1 Å². The molecule has 2 N–H and O–H groups in total. The highest BCUT2D eigenvalue weighted by atomic mass is 19.1. The third-order valence-electron chi connectivity index (χ3n) is 3.63. The zero-order chi connectivity index (χ0) is 13.7. The van der Waals surface area contributed by atoms with Crippen molar-refractivity contribution < 1.29 is 8.78 Å². The highest BCUT2D eigenvalue weighted by Gasteiger charge is 2.17. The van der Waals surface area contributed by atoms with Gasteiger partial charge in [0.05, 0.1) is 0 Å². The zero-order valence-corrected chi connectivity index (χ0v) is 11.3. The number of piperazine rings is 1. The largest absolute Gasteiger partial charge is 0.314 e. The molecular weight excluding hydrogens is 248 g/mol. The summed E-state index contributed by atoms with van der Waals surface area (Å²) < 4.78 is 27.0. The molecule has 1 unspecified atom stereocenters. The van der Waals surface area contributed by atoms with Crippen molar-refractivity contribution in [3.05, 3.63) is 35.4 Å². The first-order valence-corrected chi connectivity index (χ1v) is 6.76. The summed E-state index contributed by atoms with van der Waals surface area (Å²) in [5, 5.41) is 6.37. The van der Waals surface area contributed by atoms with E-state index in [-0.39, 0.29) is 17.7 Å². The quantitative estimate of drug-likeness (QED) is 0.848. The van der Waals surface area contributed by atoms with Crippen molar-refractivity contribution in [1.82, 2.24) is 15.5 Å². The van der Waals surface area contributed by atoms with Crippen molar-refractivity contribution >= 4 is 0 Å². The molecule has 1 aliphatic heterocycles. The van der Waals surface area contributed by atoms with Gasteiger partial charge in [-0.05, 0) is 31.7 Å². The van der Waals surface area contributed by atoms with Gasteiger partial charge >= 0.3 is 0 Å². The molecule has 1 atom stereocenters. The standard InChI is InChI=1S/C14H21F2N3/c1-17-14(4-7-19-8-5-18-6-9-19)12-10-11(15)2-3-13(12)16/h2-3,10,14,17-18H,4-9H2,1H3. The van der Waals surface area contributed by atoms with E-state index in [0.29, 0.717) is 5.56 Å². The highest BCUT2D eigenvalue weighted by Crippen LogP contribution is 2.21. The van der Waals surface area contributed by atoms with Crippen LogP contribution in [0.3, 0.4) is 0 Å². The second-order valence-electron chi connectivity index (χ2n) is 4.89. The summed E-state index contributed by atoms with van der Waals surface area (Å²) in [7, 11) is 1.78. The van der Waals surface area contributed by atoms with Crippen LogP contribution >= 0.6 is 0 Å². The first-order valence-electron chi connectivity index (χ1n) is 6.76. The summed E-state index contributed by atoms with van der Waals surface area (Å²) in [4.78, 5) is 2.35. The smallest absolute Gasteiger partial charge is 0.128 e. The molecule has 0 radical (unpaired) electrons. The molecule has 0 amide bonds. The minimum Gasteiger partial charge on any atom is -0.314 e. The lowest BCUT2D eigenvalue weighted by Crippen LogP contribution is -2.44. The molecular formula is C14H21F2N3. The Hall–Kier alpha value is -1.04. The number of hydrogen-bond donors (Lipinski definition) is 2. The molecule has 0 bridgehead atoms. The van der Waals surface area contributed by atoms with Crippen LogP contribution in [0.25, 0.3) is 0 Å². The predicted molar refractivity (Wildman–Crippen MR) is 72.1 cm³/mol. The van der Waals surface area contributed by atoms with Crippen LogP contribution < -0.4 is 10.6 Å². The second-order valence-corrected chi connectivity index (χ2v) is 4.89. The Kier molecular flexibility index (Phi) is 5.24. The molecule has 0 spiro atoms. The van der Waals surface area contributed by atoms with E-state index in [1.54, 1.807) is 7.05 Å². The van der Waals surface area contributed by atoms with E-state index in [4.69, 9.17) is 0 Å². The van der Waals surface area contributed by atoms with Crippen LogP contribution in [0.15, 0.2) is 18.2 Å². The number of rotatable bonds is 5. The third-order valence-corrected chi connectivity index (χ3v) is 3.63. The lowest BCUT2D eigenvalue weighted by atomic mass is 10.0. The van der Waals surface area contributed by atoms with Gasteiger partial charge in [-0.1, -0.05) is 0 Å². The van der Waals surface area contributed by atoms with Gasteiger partial charge < -0.3 is 15.5 Å². The minimum absolute atomic E-state index is 0.148. The molecule has 1 fully saturated rings. The summed E-state index contributed by atoms with van der Waals surface area (Å²) in [6.45, 7) is 4.92. The maximum atomic E-state index is 13.7. The molecule has 1 aromatic carbocycles. The molecule has 106 valence electrons. The molecule has 1 aromatic rings. The monoisotopic (exact) mass is 269 g/mol. The number of hydrogen-bond acceptors (Lipinski definition) is 3. The lowest BCUT2D eigenvalue weighted by Gasteiger charge is -2.29. The third kappa shape index (κ3) is 3.96. The summed E-state index contributed by atoms with van der Waals surface area (Å²) in [6.07, 6.45) is 0.775. The van der Waals surface area contributed by atoms with Gasteiger partial charge in [-0.3, -0.25) is 0 Å². The fraction of sp³-hybridized carbons (Fsp3) is 0.571. The van der Waals surface area contributed by atoms with E-state index in [9.17, 15) is 8.78 Å². The molecule has 19 heavy (non-hydrogen) atoms. The fourth-order valence-electron chi connectivity index (χ4n) is 2.48. The second kappa shape index (κ2) is 6.93. The van der Waals surface area contributed by atoms with Gasteiger partial charge in [-0.2, -0.15) is 0 Å². The SMILES string of the molecule is CNC(CCN1CCNCC1)c1cc(F)ccc1F. The van der Waals surface area contributed by atoms with Crippen molar-refractivity contribution in [1.29, 1.82) is 0 Å². The first-order chi connectivity index (χ1) is 9.20. The minimum atomic E-state index is -0.390. The van der Waals surface area contributed by atoms with E-state index < -0.39 is 0 Å². The Labute approximate surface area is 113 Å². The summed E-state index contributed by atoms with van der Waals surface area (Å²) >= 11 is 0. The molecule has 2 rings (SSSR count). The van der Waals surface area contributed by atoms with Gasteiger partial charge in [0.2, 0.25) is 0 Å². The molecule has 0 aliphatic carbocycles. The van der Waals surface area contributed by atoms with E-state index in [2.05, 4.69) is 15.5 Å². The lowest BCUT2D eigenvalue weighted by molar-refractivity contribution is 0.229. The average molecular weight is 269 g/mol. The maximum absolute atomic E-state index is 13.7. The Morgan fingerprint density at radius 1 is 1.32 bits per heavy atom. The number of benzene rings is 1. The van der Waals surface area contributed by atoms with Crippen LogP contribution in [0.5, 0.6) is 0 Å². The highest BCUT2D eigenvalue weighted by molar-refractivity contribution is 5.22. The van der Waals surface area contributed by atoms with Gasteiger partial charge in [0.1, 0.15) is 11.6 Å². The summed E-state index contributed by atoms with van der Waals surface area (Å²) in [5.74, 6) is -0.736. The normalized spacial score (nSPS) is 18.5. The molecule has 3 nitrogen and oxygen atoms in total. The fourth-order valence-corrected chi connectivity index (χ4v) is 2.48. The van der Waals surface area contributed by atoms with Gasteiger partial charge in [0.15, 0.2) is 0 Å². The topological polar surface area (TPSA) is 27.3 Å². The number of halogens is 2. The van der Waals surface area contributed by atoms with Crippen LogP contribution in [0.2, 0.25) is 0 Å². The van der Waals surface area contributed by atoms with Crippen LogP contribution in [0.1, 0.15) is 18.0 Å². The van der Waals surface area contributed by atoms with E-state index >= 15 is 0 Å². The molecule has 1 aliphatic rings. The van der Waals surface area contributed by atoms with Crippen LogP contribution in [0, 0.1) is 11.6 Å². The Morgan fingerprint density at radius 2 is 2.05 bits per heavy atom. The average Bonchev–Trinajstić information content (AvgIpc) is 2.44. The predicted octanol–water partition coefficient (Wildman–Crippen LogP) is 1.52. The van der Waals surface area contributed by atoms with Gasteiger partial charge in [-0.15, -0.1) is 0 Å². The number of nitrogens with zero attached hydrogens (tertiary/aromatic N) is 1. The number of nitrogens with one attached hydrogen (secondary N) is 2. The maximum Gasteiger partial charge on any atom is 0.128 e. The van der Waals surface area contributed by atoms with E-state index in [1.807, 2.05) is 0 Å². The van der Waals surface area contributed by atoms with Crippen LogP contribution in [-0.2, 0) is 0 Å². The summed E-state index contributed by atoms with van der Waals surface area (Å²) in [6, 6.07) is 3.49. The first kappa shape index (κ1) is 14.4. The Bertz CT molecular complexity index is 406. The van der Waals surface area contributed by atoms with Gasteiger partial charge in [-0.25, -0.2) is 8.78 Å². The Morgan fingerprint density at radius 3 is 2.74 bits per heavy atom. The van der Waals surface area contributed by atoms with Crippen molar-refractivity contribution in [2.75, 3.05) is 39.8 Å². The van der Waals surface area contributed by atoms with E-state index in [0.717, 1.165) is 45.2 Å². The van der Waals surface area contributed by atoms with Crippen LogP contribution in [-0.4, -0.2) is 44.7 Å². The Balaban J connectivity index is 1.97. The van der Waals surface area contributed by atoms with Crippen molar-refractivity contribution in [2.24, 2.45) is 0 Å². The van der Waals surface area contributed by atoms with Crippen LogP contribution in [0.4, 0.5) is 8.78 Å².